The van der Waals surface area contributed by atoms with Crippen molar-refractivity contribution in [3.8, 4) is 0 Å². The Balaban J connectivity index is 1.60. The van der Waals surface area contributed by atoms with E-state index in [1.807, 2.05) is 44.3 Å². The molecular formula is C21H25N3O2. The summed E-state index contributed by atoms with van der Waals surface area (Å²) in [6.45, 7) is 5.39. The maximum absolute atomic E-state index is 12.4. The summed E-state index contributed by atoms with van der Waals surface area (Å²) in [4.78, 5) is 20.6. The molecule has 1 aromatic carbocycles. The van der Waals surface area contributed by atoms with Crippen LogP contribution in [0.2, 0.25) is 0 Å². The molecule has 2 heterocycles. The number of ether oxygens (including phenoxy) is 1. The first-order valence-corrected chi connectivity index (χ1v) is 8.93. The van der Waals surface area contributed by atoms with Gasteiger partial charge in [-0.2, -0.15) is 0 Å². The highest BCUT2D eigenvalue weighted by Crippen LogP contribution is 2.19. The normalized spacial score (nSPS) is 15.8. The zero-order valence-corrected chi connectivity index (χ0v) is 15.3. The second kappa shape index (κ2) is 8.63. The standard InChI is InChI=1S/C21H25N3O2/c1-17(19-4-3-11-22-16-19)23(2)21(25)10-7-18-5-8-20(9-6-18)24-12-14-26-15-13-24/h3-11,16-17H,12-15H2,1-2H3/b10-7+. The van der Waals surface area contributed by atoms with Gasteiger partial charge in [-0.25, -0.2) is 0 Å². The van der Waals surface area contributed by atoms with Crippen molar-refractivity contribution in [1.29, 1.82) is 0 Å². The number of morpholine rings is 1. The minimum absolute atomic E-state index is 0.0236. The number of carbonyl (C=O) groups excluding carboxylic acids is 1. The predicted molar refractivity (Wildman–Crippen MR) is 104 cm³/mol. The van der Waals surface area contributed by atoms with E-state index < -0.39 is 0 Å². The van der Waals surface area contributed by atoms with Gasteiger partial charge >= 0.3 is 0 Å². The zero-order chi connectivity index (χ0) is 18.4. The van der Waals surface area contributed by atoms with Gasteiger partial charge in [0.2, 0.25) is 5.91 Å². The van der Waals surface area contributed by atoms with Crippen LogP contribution in [-0.2, 0) is 9.53 Å². The summed E-state index contributed by atoms with van der Waals surface area (Å²) in [5, 5.41) is 0. The molecular weight excluding hydrogens is 326 g/mol. The van der Waals surface area contributed by atoms with Crippen LogP contribution in [0.25, 0.3) is 6.08 Å². The van der Waals surface area contributed by atoms with Crippen molar-refractivity contribution in [1.82, 2.24) is 9.88 Å². The first kappa shape index (κ1) is 18.1. The number of pyridine rings is 1. The van der Waals surface area contributed by atoms with Gasteiger partial charge in [0.05, 0.1) is 19.3 Å². The van der Waals surface area contributed by atoms with Crippen molar-refractivity contribution in [3.05, 3.63) is 66.0 Å². The second-order valence-electron chi connectivity index (χ2n) is 6.44. The Morgan fingerprint density at radius 3 is 2.62 bits per heavy atom. The first-order valence-electron chi connectivity index (χ1n) is 8.93. The zero-order valence-electron chi connectivity index (χ0n) is 15.3. The van der Waals surface area contributed by atoms with E-state index in [1.54, 1.807) is 23.4 Å². The van der Waals surface area contributed by atoms with Gasteiger partial charge in [0.25, 0.3) is 0 Å². The van der Waals surface area contributed by atoms with E-state index in [4.69, 9.17) is 4.74 Å². The number of nitrogens with zero attached hydrogens (tertiary/aromatic N) is 3. The van der Waals surface area contributed by atoms with E-state index in [-0.39, 0.29) is 11.9 Å². The topological polar surface area (TPSA) is 45.7 Å². The summed E-state index contributed by atoms with van der Waals surface area (Å²) in [5.74, 6) is -0.0291. The van der Waals surface area contributed by atoms with Crippen molar-refractivity contribution in [2.75, 3.05) is 38.3 Å². The fraction of sp³-hybridized carbons (Fsp3) is 0.333. The molecule has 0 radical (unpaired) electrons. The van der Waals surface area contributed by atoms with Crippen LogP contribution in [0.15, 0.2) is 54.9 Å². The number of anilines is 1. The van der Waals surface area contributed by atoms with E-state index in [9.17, 15) is 4.79 Å². The minimum Gasteiger partial charge on any atom is -0.378 e. The van der Waals surface area contributed by atoms with Crippen molar-refractivity contribution in [2.24, 2.45) is 0 Å². The Hall–Kier alpha value is -2.66. The van der Waals surface area contributed by atoms with Crippen LogP contribution in [0.1, 0.15) is 24.1 Å². The number of amides is 1. The predicted octanol–water partition coefficient (Wildman–Crippen LogP) is 3.15. The highest BCUT2D eigenvalue weighted by Gasteiger charge is 2.15. The third-order valence-electron chi connectivity index (χ3n) is 4.78. The van der Waals surface area contributed by atoms with Gasteiger partial charge in [-0.15, -0.1) is 0 Å². The van der Waals surface area contributed by atoms with E-state index in [0.29, 0.717) is 0 Å². The molecule has 5 heteroatoms. The molecule has 1 amide bonds. The fourth-order valence-corrected chi connectivity index (χ4v) is 2.94. The number of hydrogen-bond acceptors (Lipinski definition) is 4. The van der Waals surface area contributed by atoms with E-state index in [1.165, 1.54) is 5.69 Å². The molecule has 26 heavy (non-hydrogen) atoms. The van der Waals surface area contributed by atoms with Crippen molar-refractivity contribution in [2.45, 2.75) is 13.0 Å². The van der Waals surface area contributed by atoms with E-state index >= 15 is 0 Å². The molecule has 0 saturated carbocycles. The van der Waals surface area contributed by atoms with Crippen molar-refractivity contribution in [3.63, 3.8) is 0 Å². The molecule has 1 aliphatic heterocycles. The molecule has 0 bridgehead atoms. The molecule has 2 aromatic rings. The van der Waals surface area contributed by atoms with Gasteiger partial charge in [-0.1, -0.05) is 18.2 Å². The van der Waals surface area contributed by atoms with Crippen LogP contribution in [-0.4, -0.2) is 49.1 Å². The van der Waals surface area contributed by atoms with E-state index in [2.05, 4.69) is 22.0 Å². The Kier molecular flexibility index (Phi) is 6.02. The van der Waals surface area contributed by atoms with Crippen LogP contribution in [0.3, 0.4) is 0 Å². The molecule has 5 nitrogen and oxygen atoms in total. The molecule has 1 saturated heterocycles. The smallest absolute Gasteiger partial charge is 0.246 e. The van der Waals surface area contributed by atoms with Gasteiger partial charge in [0.15, 0.2) is 0 Å². The summed E-state index contributed by atoms with van der Waals surface area (Å²) in [6, 6.07) is 12.1. The monoisotopic (exact) mass is 351 g/mol. The highest BCUT2D eigenvalue weighted by molar-refractivity contribution is 5.91. The lowest BCUT2D eigenvalue weighted by Crippen LogP contribution is -2.36. The minimum atomic E-state index is -0.0291. The van der Waals surface area contributed by atoms with Crippen LogP contribution in [0, 0.1) is 0 Å². The number of hydrogen-bond donors (Lipinski definition) is 0. The maximum Gasteiger partial charge on any atom is 0.246 e. The first-order chi connectivity index (χ1) is 12.6. The average Bonchev–Trinajstić information content (AvgIpc) is 2.72. The van der Waals surface area contributed by atoms with Gasteiger partial charge in [0, 0.05) is 44.3 Å². The van der Waals surface area contributed by atoms with Gasteiger partial charge in [-0.3, -0.25) is 9.78 Å². The third-order valence-corrected chi connectivity index (χ3v) is 4.78. The Morgan fingerprint density at radius 2 is 1.96 bits per heavy atom. The lowest BCUT2D eigenvalue weighted by Gasteiger charge is -2.28. The fourth-order valence-electron chi connectivity index (χ4n) is 2.94. The summed E-state index contributed by atoms with van der Waals surface area (Å²) in [7, 11) is 1.81. The van der Waals surface area contributed by atoms with Crippen LogP contribution in [0.4, 0.5) is 5.69 Å². The number of likely N-dealkylation sites (N-methyl/N-ethyl adjacent to an activating group) is 1. The van der Waals surface area contributed by atoms with Gasteiger partial charge < -0.3 is 14.5 Å². The SMILES string of the molecule is CC(c1cccnc1)N(C)C(=O)/C=C/c1ccc(N2CCOCC2)cc1. The Morgan fingerprint density at radius 1 is 1.23 bits per heavy atom. The van der Waals surface area contributed by atoms with Crippen LogP contribution >= 0.6 is 0 Å². The summed E-state index contributed by atoms with van der Waals surface area (Å²) < 4.78 is 5.38. The molecule has 1 atom stereocenters. The molecule has 1 fully saturated rings. The Labute approximate surface area is 154 Å². The lowest BCUT2D eigenvalue weighted by atomic mass is 10.1. The van der Waals surface area contributed by atoms with Crippen LogP contribution < -0.4 is 4.90 Å². The quantitative estimate of drug-likeness (QED) is 0.777. The van der Waals surface area contributed by atoms with Gasteiger partial charge in [-0.05, 0) is 42.3 Å². The number of benzene rings is 1. The molecule has 1 aromatic heterocycles. The van der Waals surface area contributed by atoms with E-state index in [0.717, 1.165) is 37.4 Å². The summed E-state index contributed by atoms with van der Waals surface area (Å²) in [6.07, 6.45) is 7.01. The largest absolute Gasteiger partial charge is 0.378 e. The molecule has 1 aliphatic rings. The molecule has 0 aliphatic carbocycles. The molecule has 1 unspecified atom stereocenters. The Bertz CT molecular complexity index is 738. The number of aromatic nitrogens is 1. The molecule has 0 N–H and O–H groups in total. The molecule has 3 rings (SSSR count). The van der Waals surface area contributed by atoms with Crippen LogP contribution in [0.5, 0.6) is 0 Å². The lowest BCUT2D eigenvalue weighted by molar-refractivity contribution is -0.126. The number of carbonyl (C=O) groups is 1. The summed E-state index contributed by atoms with van der Waals surface area (Å²) in [5.41, 5.74) is 3.23. The second-order valence-corrected chi connectivity index (χ2v) is 6.44. The average molecular weight is 351 g/mol. The maximum atomic E-state index is 12.4. The molecule has 0 spiro atoms. The van der Waals surface area contributed by atoms with Gasteiger partial charge in [0.1, 0.15) is 0 Å². The number of rotatable bonds is 5. The summed E-state index contributed by atoms with van der Waals surface area (Å²) >= 11 is 0. The third kappa shape index (κ3) is 4.49. The highest BCUT2D eigenvalue weighted by atomic mass is 16.5. The molecule has 136 valence electrons. The van der Waals surface area contributed by atoms with Crippen molar-refractivity contribution < 1.29 is 9.53 Å². The van der Waals surface area contributed by atoms with Crippen molar-refractivity contribution >= 4 is 17.7 Å².